The first kappa shape index (κ1) is 13.6. The molecule has 6 heteroatoms. The summed E-state index contributed by atoms with van der Waals surface area (Å²) in [5.74, 6) is 0.354. The van der Waals surface area contributed by atoms with Crippen LogP contribution in [0.15, 0.2) is 22.7 Å². The fourth-order valence-corrected chi connectivity index (χ4v) is 2.55. The van der Waals surface area contributed by atoms with Crippen LogP contribution >= 0.6 is 0 Å². The number of nitrogens with zero attached hydrogens (tertiary/aromatic N) is 2. The predicted molar refractivity (Wildman–Crippen MR) is 78.2 cm³/mol. The molecule has 21 heavy (non-hydrogen) atoms. The Morgan fingerprint density at radius 3 is 3.05 bits per heavy atom. The minimum Gasteiger partial charge on any atom is -0.398 e. The molecular weight excluding hydrogens is 270 g/mol. The van der Waals surface area contributed by atoms with Crippen LogP contribution < -0.4 is 10.6 Å². The van der Waals surface area contributed by atoms with Gasteiger partial charge in [-0.05, 0) is 30.5 Å². The summed E-state index contributed by atoms with van der Waals surface area (Å²) >= 11 is 0. The Morgan fingerprint density at radius 2 is 2.29 bits per heavy atom. The van der Waals surface area contributed by atoms with Crippen molar-refractivity contribution in [1.29, 1.82) is 0 Å². The second-order valence-electron chi connectivity index (χ2n) is 5.16. The molecule has 0 atom stereocenters. The molecule has 0 unspecified atom stereocenters. The molecule has 2 aromatic rings. The second kappa shape index (κ2) is 5.21. The fraction of sp³-hybridized carbons (Fsp3) is 0.333. The number of ether oxygens (including phenoxy) is 1. The van der Waals surface area contributed by atoms with E-state index in [-0.39, 0.29) is 11.6 Å². The van der Waals surface area contributed by atoms with Crippen LogP contribution in [0.5, 0.6) is 0 Å². The summed E-state index contributed by atoms with van der Waals surface area (Å²) in [6.45, 7) is 2.89. The number of amides is 1. The van der Waals surface area contributed by atoms with Gasteiger partial charge in [0.2, 0.25) is 0 Å². The monoisotopic (exact) mass is 287 g/mol. The van der Waals surface area contributed by atoms with E-state index in [0.29, 0.717) is 24.6 Å². The zero-order valence-corrected chi connectivity index (χ0v) is 12.0. The zero-order chi connectivity index (χ0) is 15.0. The Kier molecular flexibility index (Phi) is 3.39. The Bertz CT molecular complexity index is 693. The van der Waals surface area contributed by atoms with E-state index in [0.717, 1.165) is 23.2 Å². The number of aryl methyl sites for hydroxylation is 1. The van der Waals surface area contributed by atoms with Crippen LogP contribution in [0.1, 0.15) is 27.4 Å². The van der Waals surface area contributed by atoms with Gasteiger partial charge in [0.15, 0.2) is 11.5 Å². The van der Waals surface area contributed by atoms with Crippen LogP contribution in [0.3, 0.4) is 0 Å². The molecule has 6 nitrogen and oxygen atoms in total. The second-order valence-corrected chi connectivity index (χ2v) is 5.16. The molecule has 1 amide bonds. The molecule has 2 N–H and O–H groups in total. The van der Waals surface area contributed by atoms with Gasteiger partial charge in [-0.3, -0.25) is 4.79 Å². The highest BCUT2D eigenvalue weighted by molar-refractivity contribution is 6.06. The number of fused-ring (bicyclic) bond motifs is 1. The van der Waals surface area contributed by atoms with Crippen LogP contribution in [0.4, 0.5) is 11.4 Å². The average molecular weight is 287 g/mol. The summed E-state index contributed by atoms with van der Waals surface area (Å²) in [5, 5.41) is 3.81. The topological polar surface area (TPSA) is 81.6 Å². The molecule has 1 aliphatic heterocycles. The molecule has 0 fully saturated rings. The van der Waals surface area contributed by atoms with Crippen LogP contribution in [0, 0.1) is 6.92 Å². The summed E-state index contributed by atoms with van der Waals surface area (Å²) in [6.07, 6.45) is 0.824. The number of carbonyl (C=O) groups is 1. The van der Waals surface area contributed by atoms with Crippen LogP contribution in [0.2, 0.25) is 0 Å². The number of nitrogen functional groups attached to an aromatic ring is 1. The third-order valence-corrected chi connectivity index (χ3v) is 3.67. The van der Waals surface area contributed by atoms with Crippen molar-refractivity contribution in [2.75, 3.05) is 24.3 Å². The first-order valence-electron chi connectivity index (χ1n) is 6.75. The first-order chi connectivity index (χ1) is 10.1. The highest BCUT2D eigenvalue weighted by Crippen LogP contribution is 2.32. The molecule has 2 heterocycles. The van der Waals surface area contributed by atoms with Gasteiger partial charge in [0.05, 0.1) is 0 Å². The molecule has 1 aliphatic rings. The third-order valence-electron chi connectivity index (χ3n) is 3.67. The molecular formula is C15H17N3O3. The third kappa shape index (κ3) is 2.38. The molecule has 110 valence electrons. The van der Waals surface area contributed by atoms with Crippen molar-refractivity contribution in [3.8, 4) is 0 Å². The Hall–Kier alpha value is -2.34. The van der Waals surface area contributed by atoms with Crippen molar-refractivity contribution < 1.29 is 14.1 Å². The highest BCUT2D eigenvalue weighted by Gasteiger charge is 2.28. The molecule has 0 saturated carbocycles. The standard InChI is InChI=1S/C15H17N3O3/c1-9-5-10-3-4-18(14(10)7-12(9)16)15(19)13-6-11(8-20-2)21-17-13/h5-7H,3-4,8,16H2,1-2H3. The van der Waals surface area contributed by atoms with Crippen molar-refractivity contribution in [2.45, 2.75) is 20.0 Å². The SMILES string of the molecule is COCc1cc(C(=O)N2CCc3cc(C)c(N)cc32)no1. The van der Waals surface area contributed by atoms with Gasteiger partial charge in [-0.25, -0.2) is 0 Å². The van der Waals surface area contributed by atoms with Crippen LogP contribution in [0.25, 0.3) is 0 Å². The number of hydrogen-bond donors (Lipinski definition) is 1. The molecule has 0 radical (unpaired) electrons. The lowest BCUT2D eigenvalue weighted by Crippen LogP contribution is -2.29. The van der Waals surface area contributed by atoms with E-state index in [1.54, 1.807) is 18.1 Å². The Balaban J connectivity index is 1.89. The summed E-state index contributed by atoms with van der Waals surface area (Å²) in [7, 11) is 1.56. The van der Waals surface area contributed by atoms with Crippen LogP contribution in [-0.4, -0.2) is 24.7 Å². The summed E-state index contributed by atoms with van der Waals surface area (Å²) in [5.41, 5.74) is 9.95. The smallest absolute Gasteiger partial charge is 0.280 e. The maximum Gasteiger partial charge on any atom is 0.280 e. The van der Waals surface area contributed by atoms with E-state index in [9.17, 15) is 4.79 Å². The van der Waals surface area contributed by atoms with Gasteiger partial charge in [-0.2, -0.15) is 0 Å². The van der Waals surface area contributed by atoms with E-state index in [2.05, 4.69) is 5.16 Å². The summed E-state index contributed by atoms with van der Waals surface area (Å²) < 4.78 is 10.0. The molecule has 1 aromatic carbocycles. The minimum absolute atomic E-state index is 0.178. The van der Waals surface area contributed by atoms with E-state index >= 15 is 0 Å². The van der Waals surface area contributed by atoms with Gasteiger partial charge >= 0.3 is 0 Å². The van der Waals surface area contributed by atoms with Crippen LogP contribution in [-0.2, 0) is 17.8 Å². The fourth-order valence-electron chi connectivity index (χ4n) is 2.55. The number of anilines is 2. The van der Waals surface area contributed by atoms with Crippen molar-refractivity contribution in [3.63, 3.8) is 0 Å². The lowest BCUT2D eigenvalue weighted by Gasteiger charge is -2.16. The Labute approximate surface area is 122 Å². The number of benzene rings is 1. The van der Waals surface area contributed by atoms with Gasteiger partial charge in [0.25, 0.3) is 5.91 Å². The number of nitrogens with two attached hydrogens (primary N) is 1. The van der Waals surface area contributed by atoms with Crippen molar-refractivity contribution in [1.82, 2.24) is 5.16 Å². The average Bonchev–Trinajstić information content (AvgIpc) is 3.06. The zero-order valence-electron chi connectivity index (χ0n) is 12.0. The quantitative estimate of drug-likeness (QED) is 0.872. The number of aromatic nitrogens is 1. The van der Waals surface area contributed by atoms with Crippen molar-refractivity contribution in [2.24, 2.45) is 0 Å². The van der Waals surface area contributed by atoms with Crippen molar-refractivity contribution in [3.05, 3.63) is 40.8 Å². The number of carbonyl (C=O) groups excluding carboxylic acids is 1. The lowest BCUT2D eigenvalue weighted by molar-refractivity contribution is 0.0980. The van der Waals surface area contributed by atoms with Gasteiger partial charge in [0.1, 0.15) is 6.61 Å². The van der Waals surface area contributed by atoms with E-state index in [1.165, 1.54) is 0 Å². The lowest BCUT2D eigenvalue weighted by atomic mass is 10.1. The highest BCUT2D eigenvalue weighted by atomic mass is 16.5. The Morgan fingerprint density at radius 1 is 1.48 bits per heavy atom. The summed E-state index contributed by atoms with van der Waals surface area (Å²) in [4.78, 5) is 14.2. The van der Waals surface area contributed by atoms with Gasteiger partial charge in [-0.1, -0.05) is 11.2 Å². The van der Waals surface area contributed by atoms with Gasteiger partial charge in [-0.15, -0.1) is 0 Å². The van der Waals surface area contributed by atoms with E-state index in [4.69, 9.17) is 15.0 Å². The van der Waals surface area contributed by atoms with E-state index in [1.807, 2.05) is 19.1 Å². The predicted octanol–water partition coefficient (Wildman–Crippen LogP) is 1.91. The molecule has 3 rings (SSSR count). The summed E-state index contributed by atoms with van der Waals surface area (Å²) in [6, 6.07) is 5.50. The molecule has 0 saturated heterocycles. The molecule has 0 bridgehead atoms. The van der Waals surface area contributed by atoms with Gasteiger partial charge < -0.3 is 19.9 Å². The normalized spacial score (nSPS) is 13.5. The number of methoxy groups -OCH3 is 1. The largest absolute Gasteiger partial charge is 0.398 e. The van der Waals surface area contributed by atoms with E-state index < -0.39 is 0 Å². The first-order valence-corrected chi connectivity index (χ1v) is 6.75. The maximum atomic E-state index is 12.5. The van der Waals surface area contributed by atoms with Crippen molar-refractivity contribution >= 4 is 17.3 Å². The molecule has 0 aliphatic carbocycles. The minimum atomic E-state index is -0.178. The number of rotatable bonds is 3. The molecule has 0 spiro atoms. The van der Waals surface area contributed by atoms with Gasteiger partial charge in [0, 0.05) is 31.1 Å². The molecule has 1 aromatic heterocycles. The number of hydrogen-bond acceptors (Lipinski definition) is 5. The maximum absolute atomic E-state index is 12.5.